The van der Waals surface area contributed by atoms with Gasteiger partial charge < -0.3 is 19.7 Å². The molecule has 1 aliphatic rings. The molecule has 1 aromatic carbocycles. The molecule has 1 fully saturated rings. The van der Waals surface area contributed by atoms with Crippen molar-refractivity contribution in [2.24, 2.45) is 14.1 Å². The number of amides is 2. The van der Waals surface area contributed by atoms with Gasteiger partial charge in [0.15, 0.2) is 0 Å². The van der Waals surface area contributed by atoms with Gasteiger partial charge in [0, 0.05) is 57.6 Å². The molecule has 3 heterocycles. The molecular formula is C18H21FN8O. The number of halogens is 1. The largest absolute Gasteiger partial charge is 0.337 e. The number of hydrogen-bond donors (Lipinski definition) is 1. The number of rotatable bonds is 3. The van der Waals surface area contributed by atoms with E-state index >= 15 is 0 Å². The lowest BCUT2D eigenvalue weighted by molar-refractivity contribution is 0.208. The molecule has 2 aromatic heterocycles. The van der Waals surface area contributed by atoms with Crippen LogP contribution in [0.4, 0.5) is 20.8 Å². The number of anilines is 2. The van der Waals surface area contributed by atoms with Gasteiger partial charge in [-0.1, -0.05) is 0 Å². The SMILES string of the molecule is Cn1cc(-c2cc(F)ccc2NC(=O)N2CCN(c3nncn3C)CC2)cn1. The topological polar surface area (TPSA) is 84.1 Å². The zero-order valence-corrected chi connectivity index (χ0v) is 15.7. The molecule has 0 bridgehead atoms. The highest BCUT2D eigenvalue weighted by Crippen LogP contribution is 2.29. The average Bonchev–Trinajstić information content (AvgIpc) is 3.31. The minimum Gasteiger partial charge on any atom is -0.337 e. The molecule has 10 heteroatoms. The normalized spacial score (nSPS) is 14.4. The van der Waals surface area contributed by atoms with Crippen molar-refractivity contribution in [1.29, 1.82) is 0 Å². The highest BCUT2D eigenvalue weighted by molar-refractivity contribution is 5.94. The standard InChI is InChI=1S/C18H21FN8O/c1-24-12-20-23-17(24)26-5-7-27(8-6-26)18(28)22-16-4-3-14(19)9-15(16)13-10-21-25(2)11-13/h3-4,9-12H,5-8H2,1-2H3,(H,22,28). The monoisotopic (exact) mass is 384 g/mol. The van der Waals surface area contributed by atoms with E-state index in [0.29, 0.717) is 37.4 Å². The van der Waals surface area contributed by atoms with Crippen molar-refractivity contribution >= 4 is 17.7 Å². The molecular weight excluding hydrogens is 363 g/mol. The van der Waals surface area contributed by atoms with E-state index in [1.165, 1.54) is 12.1 Å². The van der Waals surface area contributed by atoms with Crippen molar-refractivity contribution in [2.75, 3.05) is 36.4 Å². The van der Waals surface area contributed by atoms with Crippen molar-refractivity contribution in [3.05, 3.63) is 42.7 Å². The van der Waals surface area contributed by atoms with E-state index in [0.717, 1.165) is 11.5 Å². The Kier molecular flexibility index (Phi) is 4.68. The molecule has 1 N–H and O–H groups in total. The van der Waals surface area contributed by atoms with Crippen LogP contribution >= 0.6 is 0 Å². The fourth-order valence-electron chi connectivity index (χ4n) is 3.29. The molecule has 28 heavy (non-hydrogen) atoms. The van der Waals surface area contributed by atoms with E-state index < -0.39 is 0 Å². The molecule has 0 saturated carbocycles. The quantitative estimate of drug-likeness (QED) is 0.743. The van der Waals surface area contributed by atoms with Crippen molar-refractivity contribution in [3.8, 4) is 11.1 Å². The summed E-state index contributed by atoms with van der Waals surface area (Å²) in [5.41, 5.74) is 1.89. The fraction of sp³-hybridized carbons (Fsp3) is 0.333. The third kappa shape index (κ3) is 3.53. The van der Waals surface area contributed by atoms with Crippen LogP contribution in [0.1, 0.15) is 0 Å². The number of carbonyl (C=O) groups excluding carboxylic acids is 1. The molecule has 0 aliphatic carbocycles. The van der Waals surface area contributed by atoms with Gasteiger partial charge in [-0.05, 0) is 18.2 Å². The third-order valence-electron chi connectivity index (χ3n) is 4.78. The predicted octanol–water partition coefficient (Wildman–Crippen LogP) is 1.71. The Morgan fingerprint density at radius 2 is 1.96 bits per heavy atom. The van der Waals surface area contributed by atoms with Crippen molar-refractivity contribution in [3.63, 3.8) is 0 Å². The molecule has 0 spiro atoms. The fourth-order valence-corrected chi connectivity index (χ4v) is 3.29. The van der Waals surface area contributed by atoms with Crippen LogP contribution in [0, 0.1) is 5.82 Å². The second kappa shape index (κ2) is 7.29. The van der Waals surface area contributed by atoms with Gasteiger partial charge >= 0.3 is 6.03 Å². The first-order valence-corrected chi connectivity index (χ1v) is 8.95. The van der Waals surface area contributed by atoms with Crippen LogP contribution in [0.2, 0.25) is 0 Å². The summed E-state index contributed by atoms with van der Waals surface area (Å²) in [6.07, 6.45) is 5.08. The maximum absolute atomic E-state index is 13.8. The van der Waals surface area contributed by atoms with Gasteiger partial charge in [-0.15, -0.1) is 10.2 Å². The first kappa shape index (κ1) is 18.0. The molecule has 0 atom stereocenters. The smallest absolute Gasteiger partial charge is 0.321 e. The van der Waals surface area contributed by atoms with Crippen LogP contribution < -0.4 is 10.2 Å². The van der Waals surface area contributed by atoms with Gasteiger partial charge in [0.1, 0.15) is 12.1 Å². The zero-order chi connectivity index (χ0) is 19.7. The number of benzene rings is 1. The maximum Gasteiger partial charge on any atom is 0.321 e. The number of urea groups is 1. The number of carbonyl (C=O) groups is 1. The average molecular weight is 384 g/mol. The number of nitrogens with one attached hydrogen (secondary N) is 1. The molecule has 1 saturated heterocycles. The van der Waals surface area contributed by atoms with Gasteiger partial charge in [-0.25, -0.2) is 9.18 Å². The lowest BCUT2D eigenvalue weighted by Crippen LogP contribution is -2.50. The van der Waals surface area contributed by atoms with Crippen LogP contribution in [0.15, 0.2) is 36.9 Å². The molecule has 0 radical (unpaired) electrons. The van der Waals surface area contributed by atoms with E-state index in [9.17, 15) is 9.18 Å². The van der Waals surface area contributed by atoms with Gasteiger partial charge in [0.05, 0.1) is 11.9 Å². The Bertz CT molecular complexity index is 989. The second-order valence-corrected chi connectivity index (χ2v) is 6.74. The molecule has 146 valence electrons. The minimum atomic E-state index is -0.367. The van der Waals surface area contributed by atoms with Gasteiger partial charge in [0.2, 0.25) is 5.95 Å². The Balaban J connectivity index is 1.45. The Morgan fingerprint density at radius 1 is 1.18 bits per heavy atom. The lowest BCUT2D eigenvalue weighted by Gasteiger charge is -2.35. The number of aromatic nitrogens is 5. The van der Waals surface area contributed by atoms with Crippen molar-refractivity contribution < 1.29 is 9.18 Å². The predicted molar refractivity (Wildman–Crippen MR) is 102 cm³/mol. The van der Waals surface area contributed by atoms with E-state index in [1.54, 1.807) is 41.4 Å². The van der Waals surface area contributed by atoms with E-state index in [1.807, 2.05) is 11.6 Å². The van der Waals surface area contributed by atoms with Crippen LogP contribution in [0.5, 0.6) is 0 Å². The molecule has 1 aliphatic heterocycles. The third-order valence-corrected chi connectivity index (χ3v) is 4.78. The molecule has 9 nitrogen and oxygen atoms in total. The van der Waals surface area contributed by atoms with Crippen molar-refractivity contribution in [1.82, 2.24) is 29.4 Å². The summed E-state index contributed by atoms with van der Waals surface area (Å²) in [5.74, 6) is 0.423. The van der Waals surface area contributed by atoms with Gasteiger partial charge in [-0.2, -0.15) is 5.10 Å². The highest BCUT2D eigenvalue weighted by Gasteiger charge is 2.24. The van der Waals surface area contributed by atoms with Crippen LogP contribution in [-0.4, -0.2) is 61.7 Å². The van der Waals surface area contributed by atoms with E-state index in [2.05, 4.69) is 25.5 Å². The summed E-state index contributed by atoms with van der Waals surface area (Å²) < 4.78 is 17.3. The summed E-state index contributed by atoms with van der Waals surface area (Å²) in [6, 6.07) is 4.10. The first-order chi connectivity index (χ1) is 13.5. The lowest BCUT2D eigenvalue weighted by atomic mass is 10.1. The van der Waals surface area contributed by atoms with Crippen LogP contribution in [0.3, 0.4) is 0 Å². The summed E-state index contributed by atoms with van der Waals surface area (Å²) >= 11 is 0. The van der Waals surface area contributed by atoms with Crippen LogP contribution in [-0.2, 0) is 14.1 Å². The minimum absolute atomic E-state index is 0.214. The highest BCUT2D eigenvalue weighted by atomic mass is 19.1. The Hall–Kier alpha value is -3.43. The molecule has 4 rings (SSSR count). The zero-order valence-electron chi connectivity index (χ0n) is 15.7. The van der Waals surface area contributed by atoms with E-state index in [-0.39, 0.29) is 11.8 Å². The number of aryl methyl sites for hydroxylation is 2. The maximum atomic E-state index is 13.8. The molecule has 2 amide bonds. The molecule has 3 aromatic rings. The number of nitrogens with zero attached hydrogens (tertiary/aromatic N) is 7. The Morgan fingerprint density at radius 3 is 2.61 bits per heavy atom. The van der Waals surface area contributed by atoms with E-state index in [4.69, 9.17) is 0 Å². The van der Waals surface area contributed by atoms with Gasteiger partial charge in [-0.3, -0.25) is 4.68 Å². The number of piperazine rings is 1. The summed E-state index contributed by atoms with van der Waals surface area (Å²) in [6.45, 7) is 2.45. The summed E-state index contributed by atoms with van der Waals surface area (Å²) in [5, 5.41) is 15.0. The second-order valence-electron chi connectivity index (χ2n) is 6.74. The molecule has 0 unspecified atom stereocenters. The number of hydrogen-bond acceptors (Lipinski definition) is 5. The van der Waals surface area contributed by atoms with Gasteiger partial charge in [0.25, 0.3) is 0 Å². The summed E-state index contributed by atoms with van der Waals surface area (Å²) in [7, 11) is 3.68. The van der Waals surface area contributed by atoms with Crippen LogP contribution in [0.25, 0.3) is 11.1 Å². The first-order valence-electron chi connectivity index (χ1n) is 8.95. The Labute approximate surface area is 161 Å². The van der Waals surface area contributed by atoms with Crippen molar-refractivity contribution in [2.45, 2.75) is 0 Å². The summed E-state index contributed by atoms with van der Waals surface area (Å²) in [4.78, 5) is 16.6.